The highest BCUT2D eigenvalue weighted by Crippen LogP contribution is 2.33. The summed E-state index contributed by atoms with van der Waals surface area (Å²) < 4.78 is 5.50. The lowest BCUT2D eigenvalue weighted by atomic mass is 10.0. The van der Waals surface area contributed by atoms with Crippen LogP contribution < -0.4 is 10.2 Å². The zero-order valence-electron chi connectivity index (χ0n) is 7.92. The Labute approximate surface area is 87.9 Å². The molecule has 76 valence electrons. The van der Waals surface area contributed by atoms with Gasteiger partial charge in [0.25, 0.3) is 0 Å². The van der Waals surface area contributed by atoms with Crippen LogP contribution in [-0.2, 0) is 4.84 Å². The lowest BCUT2D eigenvalue weighted by Gasteiger charge is -2.25. The summed E-state index contributed by atoms with van der Waals surface area (Å²) in [6, 6.07) is 5.86. The molecule has 0 saturated heterocycles. The van der Waals surface area contributed by atoms with Crippen molar-refractivity contribution >= 4 is 11.6 Å². The van der Waals surface area contributed by atoms with Crippen molar-refractivity contribution in [2.75, 3.05) is 13.7 Å². The molecular weight excluding hydrogens is 202 g/mol. The van der Waals surface area contributed by atoms with Gasteiger partial charge in [-0.3, -0.25) is 0 Å². The summed E-state index contributed by atoms with van der Waals surface area (Å²) in [7, 11) is 1.62. The number of nitrogens with one attached hydrogen (secondary N) is 1. The first-order chi connectivity index (χ1) is 6.81. The van der Waals surface area contributed by atoms with Crippen molar-refractivity contribution in [3.8, 4) is 5.75 Å². The number of halogens is 1. The minimum absolute atomic E-state index is 0.195. The summed E-state index contributed by atoms with van der Waals surface area (Å²) in [6.07, 6.45) is 0.905. The highest BCUT2D eigenvalue weighted by atomic mass is 35.5. The molecule has 1 aromatic rings. The molecule has 4 heteroatoms. The number of hydrogen-bond donors (Lipinski definition) is 1. The van der Waals surface area contributed by atoms with Crippen LogP contribution in [0.1, 0.15) is 18.0 Å². The van der Waals surface area contributed by atoms with E-state index in [-0.39, 0.29) is 6.04 Å². The molecule has 0 radical (unpaired) electrons. The Balaban J connectivity index is 2.30. The molecule has 0 bridgehead atoms. The molecule has 1 unspecified atom stereocenters. The SMILES string of the molecule is CONC1CCOc2cc(Cl)ccc21. The van der Waals surface area contributed by atoms with Crippen molar-refractivity contribution in [1.29, 1.82) is 0 Å². The van der Waals surface area contributed by atoms with Gasteiger partial charge in [-0.05, 0) is 12.1 Å². The quantitative estimate of drug-likeness (QED) is 0.765. The van der Waals surface area contributed by atoms with Crippen LogP contribution in [0.25, 0.3) is 0 Å². The van der Waals surface area contributed by atoms with E-state index in [4.69, 9.17) is 21.2 Å². The molecule has 2 rings (SSSR count). The molecule has 1 atom stereocenters. The molecule has 1 aliphatic rings. The van der Waals surface area contributed by atoms with Crippen LogP contribution >= 0.6 is 11.6 Å². The predicted molar refractivity (Wildman–Crippen MR) is 54.4 cm³/mol. The number of hydroxylamine groups is 1. The van der Waals surface area contributed by atoms with Gasteiger partial charge < -0.3 is 9.57 Å². The van der Waals surface area contributed by atoms with Gasteiger partial charge in [-0.15, -0.1) is 0 Å². The van der Waals surface area contributed by atoms with Gasteiger partial charge >= 0.3 is 0 Å². The van der Waals surface area contributed by atoms with Gasteiger partial charge in [0.2, 0.25) is 0 Å². The first-order valence-corrected chi connectivity index (χ1v) is 4.90. The molecule has 0 amide bonds. The zero-order chi connectivity index (χ0) is 9.97. The maximum absolute atomic E-state index is 5.87. The van der Waals surface area contributed by atoms with Crippen LogP contribution in [0.2, 0.25) is 5.02 Å². The monoisotopic (exact) mass is 213 g/mol. The molecule has 0 aliphatic carbocycles. The molecule has 0 fully saturated rings. The van der Waals surface area contributed by atoms with Crippen molar-refractivity contribution in [2.24, 2.45) is 0 Å². The van der Waals surface area contributed by atoms with E-state index in [1.54, 1.807) is 7.11 Å². The fraction of sp³-hybridized carbons (Fsp3) is 0.400. The summed E-state index contributed by atoms with van der Waals surface area (Å²) in [5.41, 5.74) is 4.04. The van der Waals surface area contributed by atoms with Crippen molar-refractivity contribution in [2.45, 2.75) is 12.5 Å². The molecule has 3 nitrogen and oxygen atoms in total. The van der Waals surface area contributed by atoms with Gasteiger partial charge in [-0.25, -0.2) is 0 Å². The fourth-order valence-electron chi connectivity index (χ4n) is 1.63. The summed E-state index contributed by atoms with van der Waals surface area (Å²) in [6.45, 7) is 0.689. The van der Waals surface area contributed by atoms with Gasteiger partial charge in [0.1, 0.15) is 5.75 Å². The lowest BCUT2D eigenvalue weighted by Crippen LogP contribution is -2.26. The third-order valence-corrected chi connectivity index (χ3v) is 2.51. The highest BCUT2D eigenvalue weighted by molar-refractivity contribution is 6.30. The third kappa shape index (κ3) is 1.85. The van der Waals surface area contributed by atoms with E-state index in [2.05, 4.69) is 5.48 Å². The van der Waals surface area contributed by atoms with Gasteiger partial charge in [0, 0.05) is 17.0 Å². The fourth-order valence-corrected chi connectivity index (χ4v) is 1.79. The van der Waals surface area contributed by atoms with Crippen molar-refractivity contribution < 1.29 is 9.57 Å². The van der Waals surface area contributed by atoms with Crippen molar-refractivity contribution in [1.82, 2.24) is 5.48 Å². The summed E-state index contributed by atoms with van der Waals surface area (Å²) in [4.78, 5) is 4.93. The van der Waals surface area contributed by atoms with Crippen LogP contribution in [0, 0.1) is 0 Å². The smallest absolute Gasteiger partial charge is 0.125 e. The van der Waals surface area contributed by atoms with Crippen molar-refractivity contribution in [3.63, 3.8) is 0 Å². The molecule has 1 N–H and O–H groups in total. The highest BCUT2D eigenvalue weighted by Gasteiger charge is 2.21. The van der Waals surface area contributed by atoms with Gasteiger partial charge in [0.05, 0.1) is 19.8 Å². The van der Waals surface area contributed by atoms with Gasteiger partial charge in [-0.2, -0.15) is 5.48 Å². The Morgan fingerprint density at radius 1 is 1.57 bits per heavy atom. The van der Waals surface area contributed by atoms with Crippen LogP contribution in [0.5, 0.6) is 5.75 Å². The maximum atomic E-state index is 5.87. The second kappa shape index (κ2) is 4.17. The number of fused-ring (bicyclic) bond motifs is 1. The molecule has 1 heterocycles. The average Bonchev–Trinajstić information content (AvgIpc) is 2.18. The molecule has 0 saturated carbocycles. The third-order valence-electron chi connectivity index (χ3n) is 2.28. The standard InChI is InChI=1S/C10H12ClNO2/c1-13-12-9-4-5-14-10-6-7(11)2-3-8(9)10/h2-3,6,9,12H,4-5H2,1H3. The van der Waals surface area contributed by atoms with E-state index in [0.29, 0.717) is 11.6 Å². The number of benzene rings is 1. The maximum Gasteiger partial charge on any atom is 0.125 e. The summed E-state index contributed by atoms with van der Waals surface area (Å²) in [5, 5.41) is 0.696. The van der Waals surface area contributed by atoms with Crippen molar-refractivity contribution in [3.05, 3.63) is 28.8 Å². The molecule has 1 aliphatic heterocycles. The molecule has 0 spiro atoms. The Bertz CT molecular complexity index is 330. The Hall–Kier alpha value is -0.770. The van der Waals surface area contributed by atoms with Crippen LogP contribution in [0.4, 0.5) is 0 Å². The summed E-state index contributed by atoms with van der Waals surface area (Å²) >= 11 is 5.87. The minimum atomic E-state index is 0.195. The minimum Gasteiger partial charge on any atom is -0.493 e. The van der Waals surface area contributed by atoms with Gasteiger partial charge in [-0.1, -0.05) is 17.7 Å². The Morgan fingerprint density at radius 2 is 2.43 bits per heavy atom. The van der Waals surface area contributed by atoms with E-state index >= 15 is 0 Å². The molecule has 1 aromatic carbocycles. The molecule has 0 aromatic heterocycles. The number of hydrogen-bond acceptors (Lipinski definition) is 3. The Morgan fingerprint density at radius 3 is 3.21 bits per heavy atom. The zero-order valence-corrected chi connectivity index (χ0v) is 8.67. The first kappa shape index (κ1) is 9.77. The second-order valence-electron chi connectivity index (χ2n) is 3.19. The first-order valence-electron chi connectivity index (χ1n) is 4.52. The topological polar surface area (TPSA) is 30.5 Å². The van der Waals surface area contributed by atoms with E-state index in [0.717, 1.165) is 17.7 Å². The predicted octanol–water partition coefficient (Wildman–Crippen LogP) is 2.31. The summed E-state index contributed by atoms with van der Waals surface area (Å²) in [5.74, 6) is 0.846. The average molecular weight is 214 g/mol. The molecular formula is C10H12ClNO2. The normalized spacial score (nSPS) is 20.0. The van der Waals surface area contributed by atoms with Crippen LogP contribution in [0.3, 0.4) is 0 Å². The molecule has 14 heavy (non-hydrogen) atoms. The van der Waals surface area contributed by atoms with Gasteiger partial charge in [0.15, 0.2) is 0 Å². The Kier molecular flexibility index (Phi) is 2.91. The van der Waals surface area contributed by atoms with E-state index in [1.165, 1.54) is 0 Å². The second-order valence-corrected chi connectivity index (χ2v) is 3.63. The van der Waals surface area contributed by atoms with E-state index < -0.39 is 0 Å². The number of ether oxygens (including phenoxy) is 1. The van der Waals surface area contributed by atoms with Crippen LogP contribution in [-0.4, -0.2) is 13.7 Å². The van der Waals surface area contributed by atoms with E-state index in [9.17, 15) is 0 Å². The van der Waals surface area contributed by atoms with Crippen LogP contribution in [0.15, 0.2) is 18.2 Å². The number of rotatable bonds is 2. The van der Waals surface area contributed by atoms with E-state index in [1.807, 2.05) is 18.2 Å². The lowest BCUT2D eigenvalue weighted by molar-refractivity contribution is 0.0463. The largest absolute Gasteiger partial charge is 0.493 e.